The molecule has 0 aliphatic rings. The number of hydrogen-bond acceptors (Lipinski definition) is 3. The molecule has 0 unspecified atom stereocenters. The van der Waals surface area contributed by atoms with E-state index in [1.807, 2.05) is 0 Å². The summed E-state index contributed by atoms with van der Waals surface area (Å²) >= 11 is 0. The molecule has 0 saturated carbocycles. The lowest BCUT2D eigenvalue weighted by molar-refractivity contribution is 0.886. The molecule has 0 saturated heterocycles. The van der Waals surface area contributed by atoms with Gasteiger partial charge in [-0.3, -0.25) is 0 Å². The first-order valence-corrected chi connectivity index (χ1v) is 24.1. The Morgan fingerprint density at radius 1 is 0.313 bits per heavy atom. The smallest absolute Gasteiger partial charge is 0.0542 e. The summed E-state index contributed by atoms with van der Waals surface area (Å²) in [6.07, 6.45) is 3.05. The van der Waals surface area contributed by atoms with Gasteiger partial charge >= 0.3 is 0 Å². The van der Waals surface area contributed by atoms with Gasteiger partial charge in [-0.15, -0.1) is 0 Å². The molecule has 10 aromatic rings. The Kier molecular flexibility index (Phi) is 12.7. The fourth-order valence-corrected chi connectivity index (χ4v) is 9.94. The Morgan fingerprint density at radius 2 is 0.627 bits per heavy atom. The van der Waals surface area contributed by atoms with Crippen LogP contribution in [0.5, 0.6) is 0 Å². The molecule has 67 heavy (non-hydrogen) atoms. The van der Waals surface area contributed by atoms with Crippen LogP contribution in [-0.4, -0.2) is 24.2 Å². The second kappa shape index (κ2) is 19.7. The van der Waals surface area contributed by atoms with Gasteiger partial charge in [0.25, 0.3) is 0 Å². The molecule has 0 radical (unpaired) electrons. The topological polar surface area (TPSA) is 14.7 Å². The highest BCUT2D eigenvalue weighted by Crippen LogP contribution is 2.43. The Bertz CT molecular complexity index is 3080. The van der Waals surface area contributed by atoms with E-state index in [1.165, 1.54) is 89.3 Å². The first-order valence-electron chi connectivity index (χ1n) is 24.1. The van der Waals surface area contributed by atoms with Gasteiger partial charge in [0.2, 0.25) is 0 Å². The molecule has 0 aliphatic heterocycles. The Labute approximate surface area is 396 Å². The molecule has 0 N–H and O–H groups in total. The van der Waals surface area contributed by atoms with E-state index in [0.717, 1.165) is 44.6 Å². The maximum Gasteiger partial charge on any atom is 0.0542 e. The second-order valence-electron chi connectivity index (χ2n) is 17.4. The molecule has 0 bridgehead atoms. The summed E-state index contributed by atoms with van der Waals surface area (Å²) < 4.78 is 2.47. The molecule has 0 spiro atoms. The van der Waals surface area contributed by atoms with Crippen LogP contribution in [-0.2, 0) is 0 Å². The zero-order valence-electron chi connectivity index (χ0n) is 38.9. The molecule has 330 valence electrons. The third kappa shape index (κ3) is 8.59. The predicted octanol–water partition coefficient (Wildman–Crippen LogP) is 17.4. The van der Waals surface area contributed by atoms with Crippen molar-refractivity contribution in [2.45, 2.75) is 40.0 Å². The second-order valence-corrected chi connectivity index (χ2v) is 17.4. The van der Waals surface area contributed by atoms with Gasteiger partial charge in [-0.1, -0.05) is 166 Å². The molecule has 0 amide bonds. The van der Waals surface area contributed by atoms with Gasteiger partial charge in [-0.25, -0.2) is 0 Å². The molecule has 4 nitrogen and oxygen atoms in total. The minimum absolute atomic E-state index is 0.892. The number of benzene rings is 9. The van der Waals surface area contributed by atoms with Crippen molar-refractivity contribution >= 4 is 55.9 Å². The normalized spacial score (nSPS) is 11.3. The van der Waals surface area contributed by atoms with Crippen molar-refractivity contribution in [3.63, 3.8) is 0 Å². The lowest BCUT2D eigenvalue weighted by atomic mass is 10.0. The molecule has 0 fully saturated rings. The lowest BCUT2D eigenvalue weighted by Crippen LogP contribution is -2.18. The number of anilines is 6. The molecule has 1 heterocycles. The van der Waals surface area contributed by atoms with Crippen molar-refractivity contribution in [1.29, 1.82) is 0 Å². The monoisotopic (exact) mass is 870 g/mol. The summed E-state index contributed by atoms with van der Waals surface area (Å²) in [5, 5.41) is 2.46. The van der Waals surface area contributed by atoms with Crippen LogP contribution in [0.3, 0.4) is 0 Å². The van der Waals surface area contributed by atoms with Gasteiger partial charge in [0.05, 0.1) is 11.0 Å². The Hall–Kier alpha value is -7.82. The SMILES string of the molecule is CCCN(c1ccc(-n2c3ccc(N(CCC)c4ccccc4-c4ccccc4)cc3c3cc(N(CCC)c4ccccc4-c4ccccc4)ccc32)cc1)c1ccccc1-c1ccccc1. The number of para-hydroxylation sites is 3. The molecule has 10 rings (SSSR count). The Balaban J connectivity index is 1.14. The van der Waals surface area contributed by atoms with E-state index in [1.54, 1.807) is 0 Å². The molecule has 4 heteroatoms. The van der Waals surface area contributed by atoms with E-state index in [2.05, 4.69) is 264 Å². The van der Waals surface area contributed by atoms with E-state index >= 15 is 0 Å². The number of aromatic nitrogens is 1. The van der Waals surface area contributed by atoms with E-state index in [4.69, 9.17) is 0 Å². The third-order valence-electron chi connectivity index (χ3n) is 13.0. The maximum absolute atomic E-state index is 2.51. The quantitative estimate of drug-likeness (QED) is 0.0961. The zero-order chi connectivity index (χ0) is 45.5. The van der Waals surface area contributed by atoms with Gasteiger partial charge in [-0.05, 0) is 115 Å². The van der Waals surface area contributed by atoms with Crippen LogP contribution in [0.2, 0.25) is 0 Å². The fraction of sp³-hybridized carbons (Fsp3) is 0.143. The lowest BCUT2D eigenvalue weighted by Gasteiger charge is -2.28. The van der Waals surface area contributed by atoms with Crippen LogP contribution in [0.1, 0.15) is 40.0 Å². The van der Waals surface area contributed by atoms with Crippen molar-refractivity contribution in [2.24, 2.45) is 0 Å². The molecule has 0 atom stereocenters. The van der Waals surface area contributed by atoms with Crippen LogP contribution >= 0.6 is 0 Å². The largest absolute Gasteiger partial charge is 0.341 e. The van der Waals surface area contributed by atoms with Gasteiger partial charge in [0.15, 0.2) is 0 Å². The summed E-state index contributed by atoms with van der Waals surface area (Å²) in [7, 11) is 0. The van der Waals surface area contributed by atoms with E-state index in [9.17, 15) is 0 Å². The maximum atomic E-state index is 2.51. The van der Waals surface area contributed by atoms with Crippen molar-refractivity contribution in [3.8, 4) is 39.1 Å². The zero-order valence-corrected chi connectivity index (χ0v) is 38.9. The van der Waals surface area contributed by atoms with Gasteiger partial charge in [0, 0.05) is 86.9 Å². The minimum atomic E-state index is 0.892. The number of rotatable bonds is 16. The summed E-state index contributed by atoms with van der Waals surface area (Å²) in [4.78, 5) is 7.50. The van der Waals surface area contributed by atoms with Gasteiger partial charge in [0.1, 0.15) is 0 Å². The van der Waals surface area contributed by atoms with Crippen LogP contribution in [0.15, 0.2) is 224 Å². The van der Waals surface area contributed by atoms with Crippen molar-refractivity contribution in [3.05, 3.63) is 224 Å². The van der Waals surface area contributed by atoms with Crippen molar-refractivity contribution < 1.29 is 0 Å². The molecule has 1 aromatic heterocycles. The van der Waals surface area contributed by atoms with Crippen LogP contribution < -0.4 is 14.7 Å². The standard InChI is InChI=1S/C63H58N4/c1-4-42-64(59-31-19-16-28-54(59)47-22-10-7-11-23-47)50-34-36-51(37-35-50)67-62-40-38-52(65(43-5-2)60-32-20-17-29-55(60)48-24-12-8-13-25-48)45-57(62)58-46-53(39-41-63(58)67)66(44-6-3)61-33-21-18-30-56(61)49-26-14-9-15-27-49/h7-41,45-46H,4-6,42-44H2,1-3H3. The summed E-state index contributed by atoms with van der Waals surface area (Å²) in [5.74, 6) is 0. The molecular weight excluding hydrogens is 813 g/mol. The number of hydrogen-bond donors (Lipinski definition) is 0. The highest BCUT2D eigenvalue weighted by molar-refractivity contribution is 6.12. The predicted molar refractivity (Wildman–Crippen MR) is 288 cm³/mol. The van der Waals surface area contributed by atoms with Crippen LogP contribution in [0.25, 0.3) is 60.9 Å². The first-order chi connectivity index (χ1) is 33.1. The van der Waals surface area contributed by atoms with E-state index in [0.29, 0.717) is 0 Å². The molecule has 9 aromatic carbocycles. The van der Waals surface area contributed by atoms with Crippen molar-refractivity contribution in [2.75, 3.05) is 34.3 Å². The molecular formula is C63H58N4. The van der Waals surface area contributed by atoms with Gasteiger partial charge < -0.3 is 19.3 Å². The van der Waals surface area contributed by atoms with E-state index < -0.39 is 0 Å². The third-order valence-corrected chi connectivity index (χ3v) is 13.0. The van der Waals surface area contributed by atoms with Crippen molar-refractivity contribution in [1.82, 2.24) is 4.57 Å². The first kappa shape index (κ1) is 43.1. The summed E-state index contributed by atoms with van der Waals surface area (Å²) in [6.45, 7) is 9.50. The summed E-state index contributed by atoms with van der Waals surface area (Å²) in [5.41, 5.74) is 18.1. The number of nitrogens with zero attached hydrogens (tertiary/aromatic N) is 4. The average Bonchev–Trinajstić information content (AvgIpc) is 3.72. The average molecular weight is 871 g/mol. The number of fused-ring (bicyclic) bond motifs is 3. The minimum Gasteiger partial charge on any atom is -0.341 e. The van der Waals surface area contributed by atoms with Gasteiger partial charge in [-0.2, -0.15) is 0 Å². The molecule has 0 aliphatic carbocycles. The highest BCUT2D eigenvalue weighted by atomic mass is 15.1. The summed E-state index contributed by atoms with van der Waals surface area (Å²) in [6, 6.07) is 82.3. The van der Waals surface area contributed by atoms with E-state index in [-0.39, 0.29) is 0 Å². The fourth-order valence-electron chi connectivity index (χ4n) is 9.94. The van der Waals surface area contributed by atoms with Crippen LogP contribution in [0.4, 0.5) is 34.1 Å². The Morgan fingerprint density at radius 3 is 0.985 bits per heavy atom. The van der Waals surface area contributed by atoms with Crippen LogP contribution in [0, 0.1) is 0 Å². The highest BCUT2D eigenvalue weighted by Gasteiger charge is 2.22.